The summed E-state index contributed by atoms with van der Waals surface area (Å²) in [5.74, 6) is 0.0609. The molecule has 0 fully saturated rings. The van der Waals surface area contributed by atoms with Crippen molar-refractivity contribution in [2.24, 2.45) is 0 Å². The summed E-state index contributed by atoms with van der Waals surface area (Å²) in [6.45, 7) is 0. The Morgan fingerprint density at radius 2 is 1.33 bits per heavy atom. The second-order valence-corrected chi connectivity index (χ2v) is 6.18. The number of benzene rings is 4. The van der Waals surface area contributed by atoms with Crippen LogP contribution in [0.5, 0.6) is 5.75 Å². The minimum Gasteiger partial charge on any atom is -0.423 e. The molecule has 1 N–H and O–H groups in total. The molecule has 0 saturated carbocycles. The summed E-state index contributed by atoms with van der Waals surface area (Å²) in [7, 11) is 0. The SMILES string of the molecule is N=C(c1ccc(OC(=O)c2ccccc2)cc1)c1cccc2ccccc12. The van der Waals surface area contributed by atoms with E-state index >= 15 is 0 Å². The molecule has 0 bridgehead atoms. The first-order valence-electron chi connectivity index (χ1n) is 8.67. The van der Waals surface area contributed by atoms with Gasteiger partial charge in [-0.25, -0.2) is 4.79 Å². The van der Waals surface area contributed by atoms with E-state index in [1.54, 1.807) is 48.5 Å². The second kappa shape index (κ2) is 7.26. The largest absolute Gasteiger partial charge is 0.423 e. The van der Waals surface area contributed by atoms with Crippen LogP contribution in [0.1, 0.15) is 21.5 Å². The Balaban J connectivity index is 1.57. The van der Waals surface area contributed by atoms with E-state index in [2.05, 4.69) is 0 Å². The average Bonchev–Trinajstić information content (AvgIpc) is 2.74. The first kappa shape index (κ1) is 16.7. The first-order chi connectivity index (χ1) is 13.2. The van der Waals surface area contributed by atoms with Crippen molar-refractivity contribution in [3.05, 3.63) is 114 Å². The summed E-state index contributed by atoms with van der Waals surface area (Å²) in [6, 6.07) is 29.9. The Kier molecular flexibility index (Phi) is 4.50. The molecule has 0 aliphatic rings. The molecule has 0 amide bonds. The van der Waals surface area contributed by atoms with Crippen LogP contribution < -0.4 is 4.74 Å². The Bertz CT molecular complexity index is 1110. The fraction of sp³-hybridized carbons (Fsp3) is 0. The Morgan fingerprint density at radius 3 is 2.11 bits per heavy atom. The third-order valence-electron chi connectivity index (χ3n) is 4.42. The van der Waals surface area contributed by atoms with Crippen LogP contribution in [0.3, 0.4) is 0 Å². The minimum absolute atomic E-state index is 0.396. The highest BCUT2D eigenvalue weighted by molar-refractivity contribution is 6.17. The first-order valence-corrected chi connectivity index (χ1v) is 8.67. The van der Waals surface area contributed by atoms with Gasteiger partial charge in [0.15, 0.2) is 0 Å². The maximum absolute atomic E-state index is 12.1. The van der Waals surface area contributed by atoms with Crippen LogP contribution in [0.15, 0.2) is 97.1 Å². The van der Waals surface area contributed by atoms with E-state index in [4.69, 9.17) is 10.1 Å². The quantitative estimate of drug-likeness (QED) is 0.301. The van der Waals surface area contributed by atoms with Gasteiger partial charge in [-0.05, 0) is 47.2 Å². The fourth-order valence-corrected chi connectivity index (χ4v) is 3.03. The zero-order valence-electron chi connectivity index (χ0n) is 14.6. The number of carbonyl (C=O) groups is 1. The van der Waals surface area contributed by atoms with Crippen LogP contribution in [0.2, 0.25) is 0 Å². The normalized spacial score (nSPS) is 10.5. The summed E-state index contributed by atoms with van der Waals surface area (Å²) in [5.41, 5.74) is 2.59. The maximum Gasteiger partial charge on any atom is 0.343 e. The molecule has 0 atom stereocenters. The minimum atomic E-state index is -0.396. The van der Waals surface area contributed by atoms with Crippen molar-refractivity contribution < 1.29 is 9.53 Å². The lowest BCUT2D eigenvalue weighted by Crippen LogP contribution is -2.08. The number of rotatable bonds is 4. The Hall–Kier alpha value is -3.72. The third-order valence-corrected chi connectivity index (χ3v) is 4.42. The predicted octanol–water partition coefficient (Wildman–Crippen LogP) is 5.48. The molecule has 4 rings (SSSR count). The number of ether oxygens (including phenoxy) is 1. The van der Waals surface area contributed by atoms with Gasteiger partial charge in [-0.3, -0.25) is 5.41 Å². The Morgan fingerprint density at radius 1 is 0.667 bits per heavy atom. The molecule has 0 aromatic heterocycles. The average molecular weight is 351 g/mol. The van der Waals surface area contributed by atoms with Gasteiger partial charge in [0.05, 0.1) is 11.3 Å². The van der Waals surface area contributed by atoms with Gasteiger partial charge in [0.2, 0.25) is 0 Å². The second-order valence-electron chi connectivity index (χ2n) is 6.18. The van der Waals surface area contributed by atoms with Crippen molar-refractivity contribution in [3.8, 4) is 5.75 Å². The van der Waals surface area contributed by atoms with E-state index in [0.717, 1.165) is 21.9 Å². The van der Waals surface area contributed by atoms with Crippen molar-refractivity contribution in [1.82, 2.24) is 0 Å². The highest BCUT2D eigenvalue weighted by Crippen LogP contribution is 2.22. The maximum atomic E-state index is 12.1. The van der Waals surface area contributed by atoms with Crippen molar-refractivity contribution >= 4 is 22.5 Å². The lowest BCUT2D eigenvalue weighted by atomic mass is 9.96. The van der Waals surface area contributed by atoms with Crippen LogP contribution in [0.4, 0.5) is 0 Å². The molecule has 0 heterocycles. The molecule has 130 valence electrons. The van der Waals surface area contributed by atoms with Crippen molar-refractivity contribution in [3.63, 3.8) is 0 Å². The summed E-state index contributed by atoms with van der Waals surface area (Å²) in [4.78, 5) is 12.1. The van der Waals surface area contributed by atoms with Crippen molar-refractivity contribution in [2.75, 3.05) is 0 Å². The molecule has 3 nitrogen and oxygen atoms in total. The number of hydrogen-bond donors (Lipinski definition) is 1. The van der Waals surface area contributed by atoms with Gasteiger partial charge in [0.25, 0.3) is 0 Å². The predicted molar refractivity (Wildman–Crippen MR) is 108 cm³/mol. The van der Waals surface area contributed by atoms with Crippen LogP contribution in [0.25, 0.3) is 10.8 Å². The topological polar surface area (TPSA) is 50.1 Å². The summed E-state index contributed by atoms with van der Waals surface area (Å²) in [6.07, 6.45) is 0. The zero-order valence-corrected chi connectivity index (χ0v) is 14.6. The molecule has 27 heavy (non-hydrogen) atoms. The van der Waals surface area contributed by atoms with Crippen LogP contribution in [-0.2, 0) is 0 Å². The van der Waals surface area contributed by atoms with E-state index < -0.39 is 5.97 Å². The van der Waals surface area contributed by atoms with Gasteiger partial charge in [0.1, 0.15) is 5.75 Å². The summed E-state index contributed by atoms with van der Waals surface area (Å²) in [5, 5.41) is 10.7. The molecule has 0 radical (unpaired) electrons. The van der Waals surface area contributed by atoms with E-state index in [1.165, 1.54) is 0 Å². The van der Waals surface area contributed by atoms with Crippen molar-refractivity contribution in [2.45, 2.75) is 0 Å². The summed E-state index contributed by atoms with van der Waals surface area (Å²) < 4.78 is 5.40. The molecule has 4 aromatic carbocycles. The molecular weight excluding hydrogens is 334 g/mol. The number of hydrogen-bond acceptors (Lipinski definition) is 3. The number of nitrogens with one attached hydrogen (secondary N) is 1. The molecule has 0 aliphatic carbocycles. The molecule has 4 aromatic rings. The highest BCUT2D eigenvalue weighted by atomic mass is 16.5. The van der Waals surface area contributed by atoms with E-state index in [9.17, 15) is 4.79 Å². The van der Waals surface area contributed by atoms with Crippen molar-refractivity contribution in [1.29, 1.82) is 5.41 Å². The highest BCUT2D eigenvalue weighted by Gasteiger charge is 2.11. The Labute approximate surface area is 157 Å². The van der Waals surface area contributed by atoms with Gasteiger partial charge in [0, 0.05) is 11.1 Å². The molecule has 0 saturated heterocycles. The van der Waals surface area contributed by atoms with Gasteiger partial charge < -0.3 is 4.74 Å². The molecule has 0 unspecified atom stereocenters. The molecule has 0 aliphatic heterocycles. The lowest BCUT2D eigenvalue weighted by Gasteiger charge is -2.10. The van der Waals surface area contributed by atoms with Crippen LogP contribution in [-0.4, -0.2) is 11.7 Å². The monoisotopic (exact) mass is 351 g/mol. The third kappa shape index (κ3) is 3.48. The number of carbonyl (C=O) groups excluding carboxylic acids is 1. The smallest absolute Gasteiger partial charge is 0.343 e. The summed E-state index contributed by atoms with van der Waals surface area (Å²) >= 11 is 0. The van der Waals surface area contributed by atoms with Crippen LogP contribution in [0, 0.1) is 5.41 Å². The van der Waals surface area contributed by atoms with Gasteiger partial charge >= 0.3 is 5.97 Å². The van der Waals surface area contributed by atoms with Gasteiger partial charge in [-0.1, -0.05) is 60.7 Å². The number of esters is 1. The lowest BCUT2D eigenvalue weighted by molar-refractivity contribution is 0.0735. The molecule has 3 heteroatoms. The van der Waals surface area contributed by atoms with Gasteiger partial charge in [-0.2, -0.15) is 0 Å². The molecule has 0 spiro atoms. The fourth-order valence-electron chi connectivity index (χ4n) is 3.03. The van der Waals surface area contributed by atoms with Crippen LogP contribution >= 0.6 is 0 Å². The van der Waals surface area contributed by atoms with E-state index in [-0.39, 0.29) is 0 Å². The molecular formula is C24H17NO2. The van der Waals surface area contributed by atoms with Gasteiger partial charge in [-0.15, -0.1) is 0 Å². The van der Waals surface area contributed by atoms with E-state index in [1.807, 2.05) is 48.5 Å². The zero-order chi connectivity index (χ0) is 18.6. The standard InChI is InChI=1S/C24H17NO2/c25-23(22-12-6-10-17-7-4-5-11-21(17)22)18-13-15-20(16-14-18)27-24(26)19-8-2-1-3-9-19/h1-16,25H. The number of fused-ring (bicyclic) bond motifs is 1. The van der Waals surface area contributed by atoms with E-state index in [0.29, 0.717) is 17.0 Å².